The minimum absolute atomic E-state index is 0.309. The number of aromatic carboxylic acids is 1. The highest BCUT2D eigenvalue weighted by Crippen LogP contribution is 2.24. The topological polar surface area (TPSA) is 91.8 Å². The molecule has 2 heterocycles. The van der Waals surface area contributed by atoms with Gasteiger partial charge in [-0.05, 0) is 24.6 Å². The molecule has 0 saturated carbocycles. The number of H-pyrrole nitrogens is 1. The molecule has 94 valence electrons. The van der Waals surface area contributed by atoms with E-state index in [2.05, 4.69) is 20.2 Å². The number of rotatable bonds is 2. The second-order valence-electron chi connectivity index (χ2n) is 4.19. The molecule has 0 radical (unpaired) electrons. The Morgan fingerprint density at radius 2 is 2.16 bits per heavy atom. The number of fused-ring (bicyclic) bond motifs is 1. The van der Waals surface area contributed by atoms with Gasteiger partial charge >= 0.3 is 5.97 Å². The summed E-state index contributed by atoms with van der Waals surface area (Å²) in [5, 5.41) is 17.3. The summed E-state index contributed by atoms with van der Waals surface area (Å²) in [4.78, 5) is 17.6. The van der Waals surface area contributed by atoms with E-state index in [0.717, 1.165) is 22.2 Å². The van der Waals surface area contributed by atoms with Crippen LogP contribution in [0.15, 0.2) is 30.5 Å². The molecule has 1 aromatic carbocycles. The lowest BCUT2D eigenvalue weighted by molar-refractivity contribution is 0.0682. The maximum atomic E-state index is 10.7. The number of hydrogen-bond acceptors (Lipinski definition) is 4. The van der Waals surface area contributed by atoms with Gasteiger partial charge in [0.1, 0.15) is 5.69 Å². The Morgan fingerprint density at radius 3 is 2.79 bits per heavy atom. The van der Waals surface area contributed by atoms with Crippen LogP contribution in [0.2, 0.25) is 0 Å². The van der Waals surface area contributed by atoms with Gasteiger partial charge in [0.2, 0.25) is 0 Å². The van der Waals surface area contributed by atoms with E-state index in [1.54, 1.807) is 0 Å². The highest BCUT2D eigenvalue weighted by atomic mass is 16.4. The van der Waals surface area contributed by atoms with Gasteiger partial charge in [0.25, 0.3) is 5.82 Å². The van der Waals surface area contributed by atoms with Crippen molar-refractivity contribution in [2.75, 3.05) is 0 Å². The minimum Gasteiger partial charge on any atom is -0.475 e. The summed E-state index contributed by atoms with van der Waals surface area (Å²) in [6, 6.07) is 7.92. The predicted molar refractivity (Wildman–Crippen MR) is 68.8 cm³/mol. The monoisotopic (exact) mass is 254 g/mol. The van der Waals surface area contributed by atoms with Crippen LogP contribution >= 0.6 is 0 Å². The molecule has 6 heteroatoms. The van der Waals surface area contributed by atoms with Gasteiger partial charge in [-0.25, -0.2) is 9.78 Å². The smallest absolute Gasteiger partial charge is 0.375 e. The van der Waals surface area contributed by atoms with Crippen molar-refractivity contribution in [3.8, 4) is 11.4 Å². The third-order valence-corrected chi connectivity index (χ3v) is 2.91. The summed E-state index contributed by atoms with van der Waals surface area (Å²) < 4.78 is 0. The molecule has 3 rings (SSSR count). The molecule has 0 aliphatic carbocycles. The quantitative estimate of drug-likeness (QED) is 0.730. The zero-order valence-electron chi connectivity index (χ0n) is 10.1. The van der Waals surface area contributed by atoms with Gasteiger partial charge < -0.3 is 10.1 Å². The lowest BCUT2D eigenvalue weighted by Crippen LogP contribution is -2.05. The van der Waals surface area contributed by atoms with Gasteiger partial charge in [0.15, 0.2) is 0 Å². The van der Waals surface area contributed by atoms with Crippen molar-refractivity contribution in [2.24, 2.45) is 0 Å². The van der Waals surface area contributed by atoms with Crippen LogP contribution in [0.5, 0.6) is 0 Å². The standard InChI is InChI=1S/C13H10N4O2/c1-7-3-2-4-9-8(7)5-10(15-9)11-6-14-12(13(18)19)17-16-11/h2-6,15H,1H3,(H,18,19). The highest BCUT2D eigenvalue weighted by Gasteiger charge is 2.10. The second kappa shape index (κ2) is 4.16. The number of nitrogens with zero attached hydrogens (tertiary/aromatic N) is 3. The van der Waals surface area contributed by atoms with Gasteiger partial charge in [-0.1, -0.05) is 12.1 Å². The molecular weight excluding hydrogens is 244 g/mol. The maximum Gasteiger partial charge on any atom is 0.375 e. The molecule has 0 fully saturated rings. The molecular formula is C13H10N4O2. The van der Waals surface area contributed by atoms with E-state index in [0.29, 0.717) is 5.69 Å². The fourth-order valence-corrected chi connectivity index (χ4v) is 1.94. The molecule has 0 spiro atoms. The van der Waals surface area contributed by atoms with Crippen molar-refractivity contribution in [2.45, 2.75) is 6.92 Å². The molecule has 6 nitrogen and oxygen atoms in total. The van der Waals surface area contributed by atoms with Crippen LogP contribution in [0, 0.1) is 6.92 Å². The molecule has 19 heavy (non-hydrogen) atoms. The zero-order chi connectivity index (χ0) is 13.4. The highest BCUT2D eigenvalue weighted by molar-refractivity contribution is 5.88. The van der Waals surface area contributed by atoms with Gasteiger partial charge in [0, 0.05) is 10.9 Å². The number of aromatic nitrogens is 4. The molecule has 0 aliphatic rings. The van der Waals surface area contributed by atoms with Crippen molar-refractivity contribution in [1.29, 1.82) is 0 Å². The van der Waals surface area contributed by atoms with Crippen LogP contribution < -0.4 is 0 Å². The van der Waals surface area contributed by atoms with E-state index >= 15 is 0 Å². The fraction of sp³-hybridized carbons (Fsp3) is 0.0769. The van der Waals surface area contributed by atoms with Crippen LogP contribution in [-0.2, 0) is 0 Å². The third-order valence-electron chi connectivity index (χ3n) is 2.91. The molecule has 0 atom stereocenters. The van der Waals surface area contributed by atoms with Crippen LogP contribution in [-0.4, -0.2) is 31.2 Å². The average molecular weight is 254 g/mol. The molecule has 3 aromatic rings. The van der Waals surface area contributed by atoms with Crippen molar-refractivity contribution >= 4 is 16.9 Å². The molecule has 0 unspecified atom stereocenters. The molecule has 2 aromatic heterocycles. The molecule has 0 aliphatic heterocycles. The first-order valence-electron chi connectivity index (χ1n) is 5.67. The number of benzene rings is 1. The molecule has 0 saturated heterocycles. The Bertz CT molecular complexity index is 762. The summed E-state index contributed by atoms with van der Waals surface area (Å²) in [5.74, 6) is -1.50. The van der Waals surface area contributed by atoms with Gasteiger partial charge in [-0.15, -0.1) is 10.2 Å². The maximum absolute atomic E-state index is 10.7. The Kier molecular flexibility index (Phi) is 2.49. The summed E-state index contributed by atoms with van der Waals surface area (Å²) in [7, 11) is 0. The number of carboxylic acid groups (broad SMARTS) is 1. The van der Waals surface area contributed by atoms with Gasteiger partial charge in [0.05, 0.1) is 11.9 Å². The van der Waals surface area contributed by atoms with Crippen molar-refractivity contribution in [3.63, 3.8) is 0 Å². The first kappa shape index (κ1) is 11.3. The Morgan fingerprint density at radius 1 is 1.32 bits per heavy atom. The third kappa shape index (κ3) is 1.93. The number of carboxylic acids is 1. The van der Waals surface area contributed by atoms with Gasteiger partial charge in [-0.3, -0.25) is 0 Å². The minimum atomic E-state index is -1.19. The summed E-state index contributed by atoms with van der Waals surface area (Å²) in [5.41, 5.74) is 3.43. The van der Waals surface area contributed by atoms with Crippen molar-refractivity contribution in [3.05, 3.63) is 41.9 Å². The van der Waals surface area contributed by atoms with Crippen molar-refractivity contribution < 1.29 is 9.90 Å². The van der Waals surface area contributed by atoms with E-state index in [1.165, 1.54) is 6.20 Å². The Balaban J connectivity index is 2.09. The Hall–Kier alpha value is -2.76. The summed E-state index contributed by atoms with van der Waals surface area (Å²) in [6.07, 6.45) is 1.40. The SMILES string of the molecule is Cc1cccc2[nH]c(-c3cnc(C(=O)O)nn3)cc12. The van der Waals surface area contributed by atoms with Crippen LogP contribution in [0.3, 0.4) is 0 Å². The summed E-state index contributed by atoms with van der Waals surface area (Å²) in [6.45, 7) is 2.03. The number of hydrogen-bond donors (Lipinski definition) is 2. The largest absolute Gasteiger partial charge is 0.475 e. The number of aromatic amines is 1. The van der Waals surface area contributed by atoms with E-state index < -0.39 is 5.97 Å². The summed E-state index contributed by atoms with van der Waals surface area (Å²) >= 11 is 0. The van der Waals surface area contributed by atoms with E-state index in [9.17, 15) is 4.79 Å². The molecule has 0 amide bonds. The first-order chi connectivity index (χ1) is 9.15. The second-order valence-corrected chi connectivity index (χ2v) is 4.19. The lowest BCUT2D eigenvalue weighted by atomic mass is 10.1. The first-order valence-corrected chi connectivity index (χ1v) is 5.67. The molecule has 0 bridgehead atoms. The van der Waals surface area contributed by atoms with E-state index in [1.807, 2.05) is 31.2 Å². The van der Waals surface area contributed by atoms with Crippen LogP contribution in [0.1, 0.15) is 16.2 Å². The Labute approximate surface area is 108 Å². The van der Waals surface area contributed by atoms with Gasteiger partial charge in [-0.2, -0.15) is 0 Å². The van der Waals surface area contributed by atoms with E-state index in [4.69, 9.17) is 5.11 Å². The van der Waals surface area contributed by atoms with Crippen LogP contribution in [0.4, 0.5) is 0 Å². The van der Waals surface area contributed by atoms with E-state index in [-0.39, 0.29) is 5.82 Å². The lowest BCUT2D eigenvalue weighted by Gasteiger charge is -1.95. The number of nitrogens with one attached hydrogen (secondary N) is 1. The van der Waals surface area contributed by atoms with Crippen molar-refractivity contribution in [1.82, 2.24) is 20.2 Å². The fourth-order valence-electron chi connectivity index (χ4n) is 1.94. The number of aryl methyl sites for hydroxylation is 1. The van der Waals surface area contributed by atoms with Crippen LogP contribution in [0.25, 0.3) is 22.3 Å². The zero-order valence-corrected chi connectivity index (χ0v) is 10.1. The number of carbonyl (C=O) groups is 1. The normalized spacial score (nSPS) is 10.8. The molecule has 2 N–H and O–H groups in total. The average Bonchev–Trinajstić information content (AvgIpc) is 2.84. The predicted octanol–water partition coefficient (Wildman–Crippen LogP) is 2.03.